The van der Waals surface area contributed by atoms with Gasteiger partial charge in [-0.15, -0.1) is 0 Å². The number of aromatic nitrogens is 2. The van der Waals surface area contributed by atoms with Crippen LogP contribution in [0.4, 0.5) is 10.6 Å². The number of carbonyl (C=O) groups is 2. The molecular weight excluding hydrogens is 343 g/mol. The molecule has 1 saturated carbocycles. The molecule has 1 amide bonds. The first kappa shape index (κ1) is 21.5. The van der Waals surface area contributed by atoms with Crippen molar-refractivity contribution in [2.75, 3.05) is 25.0 Å². The predicted octanol–water partition coefficient (Wildman–Crippen LogP) is -1.93. The van der Waals surface area contributed by atoms with Crippen molar-refractivity contribution in [1.29, 1.82) is 0 Å². The molecular formula is C18H25LiN4O4. The van der Waals surface area contributed by atoms with Crippen LogP contribution in [-0.4, -0.2) is 58.2 Å². The summed E-state index contributed by atoms with van der Waals surface area (Å²) >= 11 is 0. The summed E-state index contributed by atoms with van der Waals surface area (Å²) in [7, 11) is 1.82. The monoisotopic (exact) mass is 368 g/mol. The standard InChI is InChI=1S/C18H26N4O4.Li/c1-17(2,3)26-16(25)21(4)18(6-7-18)12-5-8-22(11-12)14-10-19-13(9-20-14)15(23)24;/h9-10,12H,5-8,11H2,1-4H3,(H,23,24);/q;+1/p-1/t12-;/m1./s1. The summed E-state index contributed by atoms with van der Waals surface area (Å²) in [6, 6.07) is 0. The smallest absolute Gasteiger partial charge is 0.543 e. The molecule has 1 atom stereocenters. The number of anilines is 1. The number of amides is 1. The number of rotatable bonds is 4. The Hall–Kier alpha value is -1.78. The van der Waals surface area contributed by atoms with E-state index in [1.807, 2.05) is 27.8 Å². The topological polar surface area (TPSA) is 98.7 Å². The summed E-state index contributed by atoms with van der Waals surface area (Å²) in [6.07, 6.45) is 5.28. The van der Waals surface area contributed by atoms with Crippen LogP contribution in [0.2, 0.25) is 0 Å². The summed E-state index contributed by atoms with van der Waals surface area (Å²) in [4.78, 5) is 35.2. The number of carbonyl (C=O) groups excluding carboxylic acids is 2. The predicted molar refractivity (Wildman–Crippen MR) is 92.6 cm³/mol. The van der Waals surface area contributed by atoms with Crippen LogP contribution in [0, 0.1) is 5.92 Å². The molecule has 0 radical (unpaired) electrons. The van der Waals surface area contributed by atoms with Crippen LogP contribution < -0.4 is 28.9 Å². The second-order valence-electron chi connectivity index (χ2n) is 8.12. The SMILES string of the molecule is CN(C(=O)OC(C)(C)C)C1([C@@H]2CCN(c3cnc(C(=O)[O-])cn3)C2)CC1.[Li+]. The molecule has 1 saturated heterocycles. The maximum Gasteiger partial charge on any atom is 1.00 e. The fraction of sp³-hybridized carbons (Fsp3) is 0.667. The first-order chi connectivity index (χ1) is 12.1. The van der Waals surface area contributed by atoms with Crippen molar-refractivity contribution in [3.63, 3.8) is 0 Å². The minimum absolute atomic E-state index is 0. The molecule has 1 aliphatic carbocycles. The van der Waals surface area contributed by atoms with Crippen molar-refractivity contribution in [3.05, 3.63) is 18.1 Å². The minimum atomic E-state index is -1.33. The Balaban J connectivity index is 0.00000261. The van der Waals surface area contributed by atoms with Gasteiger partial charge in [-0.05, 0) is 40.0 Å². The van der Waals surface area contributed by atoms with Gasteiger partial charge in [0.2, 0.25) is 0 Å². The Morgan fingerprint density at radius 3 is 2.44 bits per heavy atom. The Labute approximate surface area is 171 Å². The molecule has 1 aliphatic heterocycles. The molecule has 2 heterocycles. The first-order valence-corrected chi connectivity index (χ1v) is 8.87. The van der Waals surface area contributed by atoms with E-state index in [-0.39, 0.29) is 36.2 Å². The van der Waals surface area contributed by atoms with E-state index in [9.17, 15) is 14.7 Å². The summed E-state index contributed by atoms with van der Waals surface area (Å²) in [6.45, 7) is 7.15. The molecule has 0 spiro atoms. The molecule has 27 heavy (non-hydrogen) atoms. The van der Waals surface area contributed by atoms with Gasteiger partial charge in [0.15, 0.2) is 0 Å². The van der Waals surface area contributed by atoms with E-state index < -0.39 is 11.6 Å². The second kappa shape index (κ2) is 7.68. The molecule has 0 N–H and O–H groups in total. The van der Waals surface area contributed by atoms with Crippen molar-refractivity contribution >= 4 is 17.9 Å². The Kier molecular flexibility index (Phi) is 6.12. The van der Waals surface area contributed by atoms with E-state index in [1.54, 1.807) is 4.90 Å². The van der Waals surface area contributed by atoms with Gasteiger partial charge in [0.1, 0.15) is 17.1 Å². The minimum Gasteiger partial charge on any atom is -0.543 e. The number of ether oxygens (including phenoxy) is 1. The van der Waals surface area contributed by atoms with E-state index in [2.05, 4.69) is 14.9 Å². The fourth-order valence-corrected chi connectivity index (χ4v) is 3.65. The van der Waals surface area contributed by atoms with E-state index in [4.69, 9.17) is 4.74 Å². The summed E-state index contributed by atoms with van der Waals surface area (Å²) < 4.78 is 5.52. The van der Waals surface area contributed by atoms with Gasteiger partial charge in [-0.3, -0.25) is 0 Å². The first-order valence-electron chi connectivity index (χ1n) is 8.87. The average Bonchev–Trinajstić information content (AvgIpc) is 3.22. The van der Waals surface area contributed by atoms with Crippen molar-refractivity contribution < 1.29 is 38.3 Å². The van der Waals surface area contributed by atoms with Gasteiger partial charge in [0.05, 0.1) is 23.9 Å². The number of carboxylic acid groups (broad SMARTS) is 1. The molecule has 2 aliphatic rings. The average molecular weight is 368 g/mol. The zero-order valence-electron chi connectivity index (χ0n) is 16.7. The second-order valence-corrected chi connectivity index (χ2v) is 8.12. The molecule has 0 aromatic carbocycles. The summed E-state index contributed by atoms with van der Waals surface area (Å²) in [5, 5.41) is 10.8. The zero-order chi connectivity index (χ0) is 19.1. The van der Waals surface area contributed by atoms with Crippen LogP contribution in [0.5, 0.6) is 0 Å². The maximum atomic E-state index is 12.5. The molecule has 0 bridgehead atoms. The van der Waals surface area contributed by atoms with Crippen LogP contribution in [0.1, 0.15) is 50.5 Å². The molecule has 2 fully saturated rings. The fourth-order valence-electron chi connectivity index (χ4n) is 3.65. The van der Waals surface area contributed by atoms with Crippen LogP contribution in [0.25, 0.3) is 0 Å². The molecule has 1 aromatic rings. The van der Waals surface area contributed by atoms with E-state index in [0.717, 1.165) is 32.4 Å². The molecule has 1 aromatic heterocycles. The van der Waals surface area contributed by atoms with Crippen molar-refractivity contribution in [1.82, 2.24) is 14.9 Å². The molecule has 3 rings (SSSR count). The van der Waals surface area contributed by atoms with Crippen LogP contribution in [0.15, 0.2) is 12.4 Å². The molecule has 142 valence electrons. The van der Waals surface area contributed by atoms with E-state index >= 15 is 0 Å². The quantitative estimate of drug-likeness (QED) is 0.571. The van der Waals surface area contributed by atoms with Gasteiger partial charge >= 0.3 is 25.0 Å². The van der Waals surface area contributed by atoms with Gasteiger partial charge in [-0.2, -0.15) is 0 Å². The van der Waals surface area contributed by atoms with E-state index in [0.29, 0.717) is 11.7 Å². The Bertz CT molecular complexity index is 700. The molecule has 8 nitrogen and oxygen atoms in total. The number of aromatic carboxylic acids is 1. The largest absolute Gasteiger partial charge is 1.00 e. The number of hydrogen-bond donors (Lipinski definition) is 0. The third kappa shape index (κ3) is 4.56. The van der Waals surface area contributed by atoms with Crippen LogP contribution in [0.3, 0.4) is 0 Å². The van der Waals surface area contributed by atoms with Crippen molar-refractivity contribution in [2.45, 2.75) is 51.2 Å². The van der Waals surface area contributed by atoms with Crippen molar-refractivity contribution in [2.24, 2.45) is 5.92 Å². The third-order valence-electron chi connectivity index (χ3n) is 5.22. The molecule has 9 heteroatoms. The Morgan fingerprint density at radius 2 is 1.96 bits per heavy atom. The molecule has 0 unspecified atom stereocenters. The normalized spacial score (nSPS) is 20.6. The van der Waals surface area contributed by atoms with Gasteiger partial charge in [0.25, 0.3) is 0 Å². The van der Waals surface area contributed by atoms with Crippen molar-refractivity contribution in [3.8, 4) is 0 Å². The summed E-state index contributed by atoms with van der Waals surface area (Å²) in [5.41, 5.74) is -0.845. The van der Waals surface area contributed by atoms with Crippen LogP contribution >= 0.6 is 0 Å². The van der Waals surface area contributed by atoms with Crippen LogP contribution in [-0.2, 0) is 4.74 Å². The summed E-state index contributed by atoms with van der Waals surface area (Å²) in [5.74, 6) is -0.366. The maximum absolute atomic E-state index is 12.5. The Morgan fingerprint density at radius 1 is 1.30 bits per heavy atom. The zero-order valence-corrected chi connectivity index (χ0v) is 16.7. The number of nitrogens with zero attached hydrogens (tertiary/aromatic N) is 4. The van der Waals surface area contributed by atoms with Gasteiger partial charge in [-0.25, -0.2) is 14.8 Å². The number of carboxylic acids is 1. The van der Waals surface area contributed by atoms with E-state index in [1.165, 1.54) is 12.4 Å². The van der Waals surface area contributed by atoms with Gasteiger partial charge in [-0.1, -0.05) is 0 Å². The number of hydrogen-bond acceptors (Lipinski definition) is 7. The van der Waals surface area contributed by atoms with Gasteiger partial charge < -0.3 is 24.4 Å². The van der Waals surface area contributed by atoms with Gasteiger partial charge in [0, 0.05) is 26.1 Å². The third-order valence-corrected chi connectivity index (χ3v) is 5.22.